The maximum atomic E-state index is 12.7. The van der Waals surface area contributed by atoms with E-state index in [9.17, 15) is 14.4 Å². The maximum absolute atomic E-state index is 12.7. The summed E-state index contributed by atoms with van der Waals surface area (Å²) in [5.41, 5.74) is 1.49. The van der Waals surface area contributed by atoms with Crippen LogP contribution in [0.4, 0.5) is 10.8 Å². The van der Waals surface area contributed by atoms with Crippen molar-refractivity contribution >= 4 is 63.1 Å². The van der Waals surface area contributed by atoms with E-state index in [0.717, 1.165) is 5.69 Å². The van der Waals surface area contributed by atoms with Crippen LogP contribution in [0.25, 0.3) is 0 Å². The van der Waals surface area contributed by atoms with Crippen LogP contribution in [0.5, 0.6) is 0 Å². The van der Waals surface area contributed by atoms with Crippen molar-refractivity contribution in [1.82, 2.24) is 15.2 Å². The number of amides is 3. The fourth-order valence-electron chi connectivity index (χ4n) is 3.65. The monoisotopic (exact) mass is 481 g/mol. The standard InChI is InChI=1S/C20H21Cl2N5O3S/c21-13-2-1-3-15(18(13)22)26-6-8-27(9-7-26)17(29)10-12-11-31-20(23-12)25-19(30)14-4-5-16(28)24-14/h1-3,11,14H,4-10H2,(H,24,28)(H,23,25,30). The van der Waals surface area contributed by atoms with E-state index >= 15 is 0 Å². The second kappa shape index (κ2) is 9.42. The van der Waals surface area contributed by atoms with Crippen molar-refractivity contribution in [2.45, 2.75) is 25.3 Å². The van der Waals surface area contributed by atoms with Crippen LogP contribution < -0.4 is 15.5 Å². The van der Waals surface area contributed by atoms with E-state index in [1.165, 1.54) is 11.3 Å². The highest BCUT2D eigenvalue weighted by Gasteiger charge is 2.28. The lowest BCUT2D eigenvalue weighted by Crippen LogP contribution is -2.49. The molecule has 31 heavy (non-hydrogen) atoms. The topological polar surface area (TPSA) is 94.6 Å². The van der Waals surface area contributed by atoms with Crippen molar-refractivity contribution in [2.24, 2.45) is 0 Å². The summed E-state index contributed by atoms with van der Waals surface area (Å²) in [4.78, 5) is 44.4. The molecule has 1 atom stereocenters. The molecule has 2 fully saturated rings. The molecule has 0 bridgehead atoms. The molecule has 1 unspecified atom stereocenters. The van der Waals surface area contributed by atoms with Crippen LogP contribution in [0.15, 0.2) is 23.6 Å². The van der Waals surface area contributed by atoms with E-state index in [-0.39, 0.29) is 24.1 Å². The Morgan fingerprint density at radius 3 is 2.71 bits per heavy atom. The Hall–Kier alpha value is -2.36. The van der Waals surface area contributed by atoms with Gasteiger partial charge in [0.1, 0.15) is 6.04 Å². The van der Waals surface area contributed by atoms with Gasteiger partial charge >= 0.3 is 0 Å². The molecule has 1 aromatic heterocycles. The zero-order chi connectivity index (χ0) is 22.0. The van der Waals surface area contributed by atoms with E-state index in [1.807, 2.05) is 12.1 Å². The fourth-order valence-corrected chi connectivity index (χ4v) is 4.78. The molecule has 2 aliphatic heterocycles. The van der Waals surface area contributed by atoms with Crippen LogP contribution in [0.1, 0.15) is 18.5 Å². The molecule has 2 aromatic rings. The van der Waals surface area contributed by atoms with Crippen molar-refractivity contribution in [3.8, 4) is 0 Å². The average Bonchev–Trinajstić information content (AvgIpc) is 3.39. The highest BCUT2D eigenvalue weighted by Crippen LogP contribution is 2.33. The van der Waals surface area contributed by atoms with Crippen LogP contribution in [0, 0.1) is 0 Å². The molecule has 0 radical (unpaired) electrons. The normalized spacial score (nSPS) is 18.8. The van der Waals surface area contributed by atoms with Gasteiger partial charge in [-0.1, -0.05) is 29.3 Å². The number of carbonyl (C=O) groups is 3. The summed E-state index contributed by atoms with van der Waals surface area (Å²) >= 11 is 13.7. The van der Waals surface area contributed by atoms with Crippen molar-refractivity contribution < 1.29 is 14.4 Å². The molecule has 11 heteroatoms. The van der Waals surface area contributed by atoms with E-state index < -0.39 is 6.04 Å². The molecule has 0 saturated carbocycles. The first-order valence-electron chi connectivity index (χ1n) is 9.92. The van der Waals surface area contributed by atoms with Gasteiger partial charge in [0.2, 0.25) is 17.7 Å². The fraction of sp³-hybridized carbons (Fsp3) is 0.400. The molecule has 2 N–H and O–H groups in total. The van der Waals surface area contributed by atoms with Crippen molar-refractivity contribution in [2.75, 3.05) is 36.4 Å². The molecule has 3 amide bonds. The molecule has 0 aliphatic carbocycles. The van der Waals surface area contributed by atoms with Crippen molar-refractivity contribution in [3.05, 3.63) is 39.3 Å². The third-order valence-corrected chi connectivity index (χ3v) is 6.95. The minimum atomic E-state index is -0.522. The lowest BCUT2D eigenvalue weighted by molar-refractivity contribution is -0.130. The van der Waals surface area contributed by atoms with E-state index in [4.69, 9.17) is 23.2 Å². The smallest absolute Gasteiger partial charge is 0.248 e. The maximum Gasteiger partial charge on any atom is 0.248 e. The lowest BCUT2D eigenvalue weighted by atomic mass is 10.2. The third-order valence-electron chi connectivity index (χ3n) is 5.33. The van der Waals surface area contributed by atoms with Crippen molar-refractivity contribution in [3.63, 3.8) is 0 Å². The highest BCUT2D eigenvalue weighted by molar-refractivity contribution is 7.13. The van der Waals surface area contributed by atoms with Gasteiger partial charge in [-0.3, -0.25) is 14.4 Å². The Morgan fingerprint density at radius 2 is 2.00 bits per heavy atom. The zero-order valence-corrected chi connectivity index (χ0v) is 18.9. The van der Waals surface area contributed by atoms with Crippen LogP contribution in [0.2, 0.25) is 10.0 Å². The Morgan fingerprint density at radius 1 is 1.23 bits per heavy atom. The summed E-state index contributed by atoms with van der Waals surface area (Å²) in [6.45, 7) is 2.49. The minimum absolute atomic E-state index is 0.0110. The SMILES string of the molecule is O=C1CCC(C(=O)Nc2nc(CC(=O)N3CCN(c4cccc(Cl)c4Cl)CC3)cs2)N1. The number of anilines is 2. The number of benzene rings is 1. The number of aromatic nitrogens is 1. The van der Waals surface area contributed by atoms with Crippen LogP contribution >= 0.6 is 34.5 Å². The van der Waals surface area contributed by atoms with Gasteiger partial charge in [0.25, 0.3) is 0 Å². The summed E-state index contributed by atoms with van der Waals surface area (Å²) in [6.07, 6.45) is 1.00. The number of nitrogens with zero attached hydrogens (tertiary/aromatic N) is 3. The number of carbonyl (C=O) groups excluding carboxylic acids is 3. The molecule has 4 rings (SSSR count). The number of hydrogen-bond donors (Lipinski definition) is 2. The second-order valence-corrected chi connectivity index (χ2v) is 9.05. The molecule has 1 aromatic carbocycles. The highest BCUT2D eigenvalue weighted by atomic mass is 35.5. The lowest BCUT2D eigenvalue weighted by Gasteiger charge is -2.36. The van der Waals surface area contributed by atoms with Gasteiger partial charge in [0.05, 0.1) is 27.8 Å². The molecular formula is C20H21Cl2N5O3S. The molecule has 3 heterocycles. The second-order valence-electron chi connectivity index (χ2n) is 7.41. The molecule has 2 aliphatic rings. The molecular weight excluding hydrogens is 461 g/mol. The quantitative estimate of drug-likeness (QED) is 0.683. The van der Waals surface area contributed by atoms with Gasteiger partial charge < -0.3 is 20.4 Å². The predicted octanol–water partition coefficient (Wildman–Crippen LogP) is 2.56. The number of nitrogens with one attached hydrogen (secondary N) is 2. The van der Waals surface area contributed by atoms with Crippen LogP contribution in [-0.4, -0.2) is 59.8 Å². The van der Waals surface area contributed by atoms with Gasteiger partial charge in [0.15, 0.2) is 5.13 Å². The van der Waals surface area contributed by atoms with Crippen LogP contribution in [0.3, 0.4) is 0 Å². The molecule has 2 saturated heterocycles. The number of rotatable bonds is 5. The Labute approximate surface area is 193 Å². The van der Waals surface area contributed by atoms with E-state index in [2.05, 4.69) is 20.5 Å². The largest absolute Gasteiger partial charge is 0.367 e. The Kier molecular flexibility index (Phi) is 6.64. The summed E-state index contributed by atoms with van der Waals surface area (Å²) < 4.78 is 0. The molecule has 0 spiro atoms. The third kappa shape index (κ3) is 5.11. The first-order chi connectivity index (χ1) is 14.9. The van der Waals surface area contributed by atoms with E-state index in [0.29, 0.717) is 59.9 Å². The van der Waals surface area contributed by atoms with Gasteiger partial charge in [-0.25, -0.2) is 4.98 Å². The summed E-state index contributed by atoms with van der Waals surface area (Å²) in [5.74, 6) is -0.416. The molecule has 164 valence electrons. The van der Waals surface area contributed by atoms with Gasteiger partial charge in [0, 0.05) is 38.0 Å². The van der Waals surface area contributed by atoms with Crippen LogP contribution in [-0.2, 0) is 20.8 Å². The first-order valence-corrected chi connectivity index (χ1v) is 11.6. The molecule has 8 nitrogen and oxygen atoms in total. The number of halogens is 2. The Balaban J connectivity index is 1.28. The van der Waals surface area contributed by atoms with Gasteiger partial charge in [-0.2, -0.15) is 0 Å². The minimum Gasteiger partial charge on any atom is -0.367 e. The number of hydrogen-bond acceptors (Lipinski definition) is 6. The number of piperazine rings is 1. The van der Waals surface area contributed by atoms with Crippen molar-refractivity contribution in [1.29, 1.82) is 0 Å². The van der Waals surface area contributed by atoms with E-state index in [1.54, 1.807) is 16.3 Å². The average molecular weight is 482 g/mol. The summed E-state index contributed by atoms with van der Waals surface area (Å²) in [5, 5.41) is 8.56. The summed E-state index contributed by atoms with van der Waals surface area (Å²) in [7, 11) is 0. The Bertz CT molecular complexity index is 1010. The zero-order valence-electron chi connectivity index (χ0n) is 16.6. The number of thiazole rings is 1. The first kappa shape index (κ1) is 21.9. The van der Waals surface area contributed by atoms with Gasteiger partial charge in [-0.15, -0.1) is 11.3 Å². The van der Waals surface area contributed by atoms with Gasteiger partial charge in [-0.05, 0) is 18.6 Å². The summed E-state index contributed by atoms with van der Waals surface area (Å²) in [6, 6.07) is 5.01. The predicted molar refractivity (Wildman–Crippen MR) is 121 cm³/mol.